The highest BCUT2D eigenvalue weighted by Crippen LogP contribution is 2.23. The van der Waals surface area contributed by atoms with Gasteiger partial charge in [0.15, 0.2) is 0 Å². The summed E-state index contributed by atoms with van der Waals surface area (Å²) in [4.78, 5) is 35.7. The quantitative estimate of drug-likeness (QED) is 0.645. The van der Waals surface area contributed by atoms with Gasteiger partial charge in [-0.25, -0.2) is 4.39 Å². The minimum Gasteiger partial charge on any atom is -0.496 e. The molecule has 0 radical (unpaired) electrons. The monoisotopic (exact) mass is 344 g/mol. The number of carbonyl (C=O) groups is 3. The fourth-order valence-electron chi connectivity index (χ4n) is 2.20. The largest absolute Gasteiger partial charge is 0.496 e. The number of Topliss-reactive ketones (excluding diaryl/α,β-unsaturated/α-hetero) is 1. The summed E-state index contributed by atoms with van der Waals surface area (Å²) in [6, 6.07) is 8.25. The molecule has 0 aromatic heterocycles. The van der Waals surface area contributed by atoms with Gasteiger partial charge >= 0.3 is 0 Å². The van der Waals surface area contributed by atoms with Crippen molar-refractivity contribution in [3.8, 4) is 5.75 Å². The van der Waals surface area contributed by atoms with Gasteiger partial charge in [0.05, 0.1) is 12.7 Å². The Morgan fingerprint density at radius 2 is 1.76 bits per heavy atom. The third-order valence-corrected chi connectivity index (χ3v) is 3.42. The van der Waals surface area contributed by atoms with Gasteiger partial charge in [0, 0.05) is 18.3 Å². The Morgan fingerprint density at radius 3 is 2.40 bits per heavy atom. The number of anilines is 2. The van der Waals surface area contributed by atoms with Crippen LogP contribution in [-0.2, 0) is 9.59 Å². The number of nitrogens with one attached hydrogen (secondary N) is 2. The number of halogens is 1. The standard InChI is InChI=1S/C18H17FN2O4/c1-10-4-6-13(20-11(2)22)9-15(10)21-18(24)17(23)14-8-12(19)5-7-16(14)25-3/h4-9H,1-3H3,(H,20,22)(H,21,24). The summed E-state index contributed by atoms with van der Waals surface area (Å²) in [7, 11) is 1.32. The summed E-state index contributed by atoms with van der Waals surface area (Å²) >= 11 is 0. The Morgan fingerprint density at radius 1 is 1.04 bits per heavy atom. The van der Waals surface area contributed by atoms with E-state index in [0.717, 1.165) is 12.1 Å². The Bertz CT molecular complexity index is 849. The summed E-state index contributed by atoms with van der Waals surface area (Å²) in [5.74, 6) is -2.68. The molecule has 2 aromatic rings. The molecule has 2 aromatic carbocycles. The van der Waals surface area contributed by atoms with Crippen molar-refractivity contribution in [2.75, 3.05) is 17.7 Å². The van der Waals surface area contributed by atoms with Gasteiger partial charge in [-0.1, -0.05) is 6.07 Å². The van der Waals surface area contributed by atoms with Gasteiger partial charge in [-0.15, -0.1) is 0 Å². The summed E-state index contributed by atoms with van der Waals surface area (Å²) < 4.78 is 18.4. The van der Waals surface area contributed by atoms with Gasteiger partial charge < -0.3 is 15.4 Å². The van der Waals surface area contributed by atoms with Crippen LogP contribution < -0.4 is 15.4 Å². The highest BCUT2D eigenvalue weighted by Gasteiger charge is 2.22. The molecule has 2 amide bonds. The van der Waals surface area contributed by atoms with Crippen molar-refractivity contribution in [3.63, 3.8) is 0 Å². The van der Waals surface area contributed by atoms with Crippen LogP contribution in [0.2, 0.25) is 0 Å². The molecule has 0 saturated carbocycles. The van der Waals surface area contributed by atoms with Gasteiger partial charge in [-0.05, 0) is 42.8 Å². The molecule has 130 valence electrons. The molecule has 0 saturated heterocycles. The fraction of sp³-hybridized carbons (Fsp3) is 0.167. The first-order valence-corrected chi connectivity index (χ1v) is 7.39. The molecule has 2 N–H and O–H groups in total. The van der Waals surface area contributed by atoms with E-state index in [1.54, 1.807) is 19.1 Å². The SMILES string of the molecule is COc1ccc(F)cc1C(=O)C(=O)Nc1cc(NC(C)=O)ccc1C. The van der Waals surface area contributed by atoms with E-state index >= 15 is 0 Å². The number of aryl methyl sites for hydroxylation is 1. The molecule has 2 rings (SSSR count). The molecule has 0 aliphatic heterocycles. The van der Waals surface area contributed by atoms with Crippen LogP contribution in [0.3, 0.4) is 0 Å². The lowest BCUT2D eigenvalue weighted by Gasteiger charge is -2.11. The summed E-state index contributed by atoms with van der Waals surface area (Å²) in [6.45, 7) is 3.10. The van der Waals surface area contributed by atoms with E-state index in [4.69, 9.17) is 4.74 Å². The maximum Gasteiger partial charge on any atom is 0.296 e. The lowest BCUT2D eigenvalue weighted by molar-refractivity contribution is -0.114. The molecule has 0 heterocycles. The van der Waals surface area contributed by atoms with Crippen molar-refractivity contribution < 1.29 is 23.5 Å². The van der Waals surface area contributed by atoms with Crippen LogP contribution >= 0.6 is 0 Å². The van der Waals surface area contributed by atoms with Gasteiger partial charge in [0.2, 0.25) is 5.91 Å². The third kappa shape index (κ3) is 4.41. The van der Waals surface area contributed by atoms with Gasteiger partial charge in [0.25, 0.3) is 11.7 Å². The lowest BCUT2D eigenvalue weighted by Crippen LogP contribution is -2.24. The highest BCUT2D eigenvalue weighted by atomic mass is 19.1. The molecule has 0 atom stereocenters. The minimum absolute atomic E-state index is 0.102. The molecule has 0 fully saturated rings. The molecular weight excluding hydrogens is 327 g/mol. The predicted molar refractivity (Wildman–Crippen MR) is 91.4 cm³/mol. The van der Waals surface area contributed by atoms with E-state index < -0.39 is 17.5 Å². The normalized spacial score (nSPS) is 10.1. The molecule has 0 bridgehead atoms. The van der Waals surface area contributed by atoms with Crippen LogP contribution in [0, 0.1) is 12.7 Å². The van der Waals surface area contributed by atoms with Crippen LogP contribution in [0.25, 0.3) is 0 Å². The highest BCUT2D eigenvalue weighted by molar-refractivity contribution is 6.47. The van der Waals surface area contributed by atoms with Crippen LogP contribution in [0.15, 0.2) is 36.4 Å². The van der Waals surface area contributed by atoms with Crippen molar-refractivity contribution in [1.82, 2.24) is 0 Å². The van der Waals surface area contributed by atoms with Crippen LogP contribution in [0.1, 0.15) is 22.8 Å². The van der Waals surface area contributed by atoms with Crippen molar-refractivity contribution in [2.24, 2.45) is 0 Å². The minimum atomic E-state index is -0.938. The first-order valence-electron chi connectivity index (χ1n) is 7.39. The van der Waals surface area contributed by atoms with Crippen molar-refractivity contribution in [3.05, 3.63) is 53.3 Å². The Kier molecular flexibility index (Phi) is 5.49. The zero-order valence-corrected chi connectivity index (χ0v) is 14.0. The number of hydrogen-bond acceptors (Lipinski definition) is 4. The number of hydrogen-bond donors (Lipinski definition) is 2. The van der Waals surface area contributed by atoms with E-state index in [1.165, 1.54) is 26.2 Å². The fourth-order valence-corrected chi connectivity index (χ4v) is 2.20. The Balaban J connectivity index is 2.26. The smallest absolute Gasteiger partial charge is 0.296 e. The Labute approximate surface area is 144 Å². The maximum atomic E-state index is 13.4. The molecule has 0 aliphatic rings. The average Bonchev–Trinajstić information content (AvgIpc) is 2.56. The molecule has 6 nitrogen and oxygen atoms in total. The van der Waals surface area contributed by atoms with E-state index in [2.05, 4.69) is 10.6 Å². The third-order valence-electron chi connectivity index (χ3n) is 3.42. The molecule has 0 spiro atoms. The lowest BCUT2D eigenvalue weighted by atomic mass is 10.1. The number of carbonyl (C=O) groups excluding carboxylic acids is 3. The second-order valence-corrected chi connectivity index (χ2v) is 5.34. The summed E-state index contributed by atoms with van der Waals surface area (Å²) in [5, 5.41) is 5.06. The molecule has 0 aliphatic carbocycles. The van der Waals surface area contributed by atoms with Crippen molar-refractivity contribution in [2.45, 2.75) is 13.8 Å². The first-order chi connectivity index (χ1) is 11.8. The second-order valence-electron chi connectivity index (χ2n) is 5.34. The molecular formula is C18H17FN2O4. The van der Waals surface area contributed by atoms with Gasteiger partial charge in [-0.3, -0.25) is 14.4 Å². The number of ketones is 1. The number of amides is 2. The summed E-state index contributed by atoms with van der Waals surface area (Å²) in [6.07, 6.45) is 0. The number of rotatable bonds is 5. The maximum absolute atomic E-state index is 13.4. The van der Waals surface area contributed by atoms with Crippen LogP contribution in [0.4, 0.5) is 15.8 Å². The topological polar surface area (TPSA) is 84.5 Å². The Hall–Kier alpha value is -3.22. The molecule has 0 unspecified atom stereocenters. The average molecular weight is 344 g/mol. The van der Waals surface area contributed by atoms with E-state index in [-0.39, 0.29) is 17.2 Å². The van der Waals surface area contributed by atoms with Crippen molar-refractivity contribution >= 4 is 29.0 Å². The second kappa shape index (κ2) is 7.57. The molecule has 7 heteroatoms. The van der Waals surface area contributed by atoms with Crippen LogP contribution in [-0.4, -0.2) is 24.7 Å². The number of ether oxygens (including phenoxy) is 1. The van der Waals surface area contributed by atoms with E-state index in [1.807, 2.05) is 0 Å². The zero-order valence-electron chi connectivity index (χ0n) is 14.0. The molecule has 25 heavy (non-hydrogen) atoms. The van der Waals surface area contributed by atoms with Gasteiger partial charge in [0.1, 0.15) is 11.6 Å². The number of methoxy groups -OCH3 is 1. The van der Waals surface area contributed by atoms with Crippen LogP contribution in [0.5, 0.6) is 5.75 Å². The predicted octanol–water partition coefficient (Wildman–Crippen LogP) is 2.92. The van der Waals surface area contributed by atoms with Gasteiger partial charge in [-0.2, -0.15) is 0 Å². The van der Waals surface area contributed by atoms with E-state index in [0.29, 0.717) is 16.9 Å². The van der Waals surface area contributed by atoms with Crippen molar-refractivity contribution in [1.29, 1.82) is 0 Å². The number of benzene rings is 2. The zero-order chi connectivity index (χ0) is 18.6. The van der Waals surface area contributed by atoms with E-state index in [9.17, 15) is 18.8 Å². The summed E-state index contributed by atoms with van der Waals surface area (Å²) in [5.41, 5.74) is 1.36. The first kappa shape index (κ1) is 18.1.